The van der Waals surface area contributed by atoms with Crippen molar-refractivity contribution in [2.45, 2.75) is 17.7 Å². The minimum absolute atomic E-state index is 0.0871. The molecule has 0 aliphatic carbocycles. The summed E-state index contributed by atoms with van der Waals surface area (Å²) < 4.78 is 33.5. The zero-order chi connectivity index (χ0) is 25.3. The molecule has 5 rings (SSSR count). The monoisotopic (exact) mass is 523 g/mol. The number of benzene rings is 3. The van der Waals surface area contributed by atoms with E-state index in [-0.39, 0.29) is 35.6 Å². The second-order valence-corrected chi connectivity index (χ2v) is 11.5. The molecule has 0 saturated carbocycles. The van der Waals surface area contributed by atoms with Gasteiger partial charge in [0.2, 0.25) is 15.9 Å². The maximum atomic E-state index is 13.0. The molecule has 10 heteroatoms. The molecular weight excluding hydrogens is 498 g/mol. The maximum Gasteiger partial charge on any atom is 0.243 e. The van der Waals surface area contributed by atoms with Crippen LogP contribution < -0.4 is 10.1 Å². The molecule has 0 bridgehead atoms. The van der Waals surface area contributed by atoms with Crippen LogP contribution in [0.3, 0.4) is 0 Å². The summed E-state index contributed by atoms with van der Waals surface area (Å²) in [7, 11) is -2.11. The zero-order valence-corrected chi connectivity index (χ0v) is 21.2. The number of amides is 1. The number of anilines is 1. The van der Waals surface area contributed by atoms with Gasteiger partial charge in [-0.2, -0.15) is 4.31 Å². The van der Waals surface area contributed by atoms with Crippen LogP contribution >= 0.6 is 11.3 Å². The van der Waals surface area contributed by atoms with E-state index in [1.165, 1.54) is 34.9 Å². The summed E-state index contributed by atoms with van der Waals surface area (Å²) in [5, 5.41) is 14.0. The Morgan fingerprint density at radius 1 is 1.08 bits per heavy atom. The zero-order valence-electron chi connectivity index (χ0n) is 19.5. The molecule has 186 valence electrons. The van der Waals surface area contributed by atoms with Crippen molar-refractivity contribution in [3.8, 4) is 22.1 Å². The van der Waals surface area contributed by atoms with E-state index in [1.54, 1.807) is 30.3 Å². The number of piperidine rings is 1. The van der Waals surface area contributed by atoms with Crippen LogP contribution in [0.2, 0.25) is 0 Å². The van der Waals surface area contributed by atoms with Gasteiger partial charge in [0, 0.05) is 24.7 Å². The van der Waals surface area contributed by atoms with Crippen LogP contribution in [0.1, 0.15) is 12.8 Å². The van der Waals surface area contributed by atoms with Crippen molar-refractivity contribution in [3.05, 3.63) is 66.7 Å². The van der Waals surface area contributed by atoms with Crippen LogP contribution in [0, 0.1) is 5.92 Å². The number of para-hydroxylation sites is 1. The van der Waals surface area contributed by atoms with E-state index in [0.717, 1.165) is 10.2 Å². The highest BCUT2D eigenvalue weighted by atomic mass is 32.2. The predicted octanol–water partition coefficient (Wildman–Crippen LogP) is 4.72. The van der Waals surface area contributed by atoms with Crippen molar-refractivity contribution < 1.29 is 23.1 Å². The molecule has 3 aromatic carbocycles. The van der Waals surface area contributed by atoms with E-state index in [4.69, 9.17) is 4.74 Å². The lowest BCUT2D eigenvalue weighted by Crippen LogP contribution is -2.41. The fourth-order valence-electron chi connectivity index (χ4n) is 4.27. The number of methoxy groups -OCH3 is 1. The lowest BCUT2D eigenvalue weighted by molar-refractivity contribution is -0.120. The standard InChI is InChI=1S/C26H25N3O5S2/c1-34-19-7-9-20(10-8-19)36(32,33)29-14-12-17(13-15-29)25(31)27-18-6-11-23(30)21(16-18)26-28-22-4-2-3-5-24(22)35-26/h2-11,16-17,30H,12-15H2,1H3,(H,27,31). The number of carbonyl (C=O) groups excluding carboxylic acids is 1. The van der Waals surface area contributed by atoms with Crippen molar-refractivity contribution in [2.24, 2.45) is 5.92 Å². The number of thiazole rings is 1. The molecule has 1 aromatic heterocycles. The highest BCUT2D eigenvalue weighted by Gasteiger charge is 2.32. The molecule has 36 heavy (non-hydrogen) atoms. The summed E-state index contributed by atoms with van der Waals surface area (Å²) in [6.07, 6.45) is 0.841. The fourth-order valence-corrected chi connectivity index (χ4v) is 6.73. The number of aromatic hydroxyl groups is 1. The van der Waals surface area contributed by atoms with E-state index in [9.17, 15) is 18.3 Å². The number of fused-ring (bicyclic) bond motifs is 1. The summed E-state index contributed by atoms with van der Waals surface area (Å²) in [6, 6.07) is 18.9. The van der Waals surface area contributed by atoms with Gasteiger partial charge >= 0.3 is 0 Å². The number of carbonyl (C=O) groups is 1. The normalized spacial score (nSPS) is 15.1. The summed E-state index contributed by atoms with van der Waals surface area (Å²) in [5.74, 6) is 0.193. The number of hydrogen-bond acceptors (Lipinski definition) is 7. The molecule has 1 aliphatic heterocycles. The van der Waals surface area contributed by atoms with E-state index in [0.29, 0.717) is 34.8 Å². The van der Waals surface area contributed by atoms with E-state index in [1.807, 2.05) is 24.3 Å². The van der Waals surface area contributed by atoms with Gasteiger partial charge in [0.15, 0.2) is 0 Å². The summed E-state index contributed by atoms with van der Waals surface area (Å²) in [6.45, 7) is 0.526. The minimum Gasteiger partial charge on any atom is -0.507 e. The highest BCUT2D eigenvalue weighted by molar-refractivity contribution is 7.89. The molecule has 1 aliphatic rings. The quantitative estimate of drug-likeness (QED) is 0.354. The van der Waals surface area contributed by atoms with Gasteiger partial charge in [0.05, 0.1) is 27.8 Å². The number of hydrogen-bond donors (Lipinski definition) is 2. The molecule has 8 nitrogen and oxygen atoms in total. The molecule has 0 radical (unpaired) electrons. The number of rotatable bonds is 6. The average Bonchev–Trinajstić information content (AvgIpc) is 3.34. The topological polar surface area (TPSA) is 109 Å². The molecule has 1 saturated heterocycles. The van der Waals surface area contributed by atoms with Gasteiger partial charge in [-0.25, -0.2) is 13.4 Å². The number of sulfonamides is 1. The third kappa shape index (κ3) is 4.79. The van der Waals surface area contributed by atoms with Crippen LogP contribution in [-0.4, -0.2) is 48.9 Å². The second-order valence-electron chi connectivity index (χ2n) is 8.56. The molecule has 0 spiro atoms. The van der Waals surface area contributed by atoms with Gasteiger partial charge in [0.25, 0.3) is 0 Å². The van der Waals surface area contributed by atoms with Gasteiger partial charge in [0.1, 0.15) is 16.5 Å². The van der Waals surface area contributed by atoms with Crippen molar-refractivity contribution in [1.29, 1.82) is 0 Å². The number of nitrogens with zero attached hydrogens (tertiary/aromatic N) is 2. The lowest BCUT2D eigenvalue weighted by Gasteiger charge is -2.30. The molecule has 1 amide bonds. The minimum atomic E-state index is -3.63. The Morgan fingerprint density at radius 2 is 1.81 bits per heavy atom. The first-order valence-electron chi connectivity index (χ1n) is 11.5. The van der Waals surface area contributed by atoms with Gasteiger partial charge in [-0.15, -0.1) is 11.3 Å². The van der Waals surface area contributed by atoms with E-state index < -0.39 is 10.0 Å². The third-order valence-corrected chi connectivity index (χ3v) is 9.29. The average molecular weight is 524 g/mol. The third-order valence-electron chi connectivity index (χ3n) is 6.31. The number of phenols is 1. The lowest BCUT2D eigenvalue weighted by atomic mass is 9.97. The van der Waals surface area contributed by atoms with E-state index in [2.05, 4.69) is 10.3 Å². The number of ether oxygens (including phenoxy) is 1. The largest absolute Gasteiger partial charge is 0.507 e. The molecule has 4 aromatic rings. The van der Waals surface area contributed by atoms with Crippen molar-refractivity contribution in [2.75, 3.05) is 25.5 Å². The van der Waals surface area contributed by atoms with Gasteiger partial charge in [-0.1, -0.05) is 12.1 Å². The Hall–Kier alpha value is -3.47. The van der Waals surface area contributed by atoms with Gasteiger partial charge in [-0.3, -0.25) is 4.79 Å². The second kappa shape index (κ2) is 9.88. The Kier molecular flexibility index (Phi) is 6.65. The molecular formula is C26H25N3O5S2. The van der Waals surface area contributed by atoms with Crippen molar-refractivity contribution in [1.82, 2.24) is 9.29 Å². The van der Waals surface area contributed by atoms with Crippen molar-refractivity contribution >= 4 is 43.2 Å². The van der Waals surface area contributed by atoms with Crippen LogP contribution in [-0.2, 0) is 14.8 Å². The Balaban J connectivity index is 1.25. The van der Waals surface area contributed by atoms with Crippen LogP contribution in [0.5, 0.6) is 11.5 Å². The first kappa shape index (κ1) is 24.2. The smallest absolute Gasteiger partial charge is 0.243 e. The fraction of sp³-hybridized carbons (Fsp3) is 0.231. The van der Waals surface area contributed by atoms with Crippen LogP contribution in [0.25, 0.3) is 20.8 Å². The molecule has 2 N–H and O–H groups in total. The first-order valence-corrected chi connectivity index (χ1v) is 13.7. The molecule has 1 fully saturated rings. The summed E-state index contributed by atoms with van der Waals surface area (Å²) >= 11 is 1.47. The number of phenolic OH excluding ortho intramolecular Hbond substituents is 1. The SMILES string of the molecule is COc1ccc(S(=O)(=O)N2CCC(C(=O)Nc3ccc(O)c(-c4nc5ccccc5s4)c3)CC2)cc1. The highest BCUT2D eigenvalue weighted by Crippen LogP contribution is 2.37. The maximum absolute atomic E-state index is 13.0. The molecule has 0 unspecified atom stereocenters. The Labute approximate surface area is 213 Å². The molecule has 0 atom stereocenters. The Morgan fingerprint density at radius 3 is 2.50 bits per heavy atom. The summed E-state index contributed by atoms with van der Waals surface area (Å²) in [4.78, 5) is 17.8. The number of aromatic nitrogens is 1. The summed E-state index contributed by atoms with van der Waals surface area (Å²) in [5.41, 5.74) is 1.96. The van der Waals surface area contributed by atoms with Crippen LogP contribution in [0.15, 0.2) is 71.6 Å². The number of nitrogens with one attached hydrogen (secondary N) is 1. The van der Waals surface area contributed by atoms with Crippen LogP contribution in [0.4, 0.5) is 5.69 Å². The van der Waals surface area contributed by atoms with Gasteiger partial charge < -0.3 is 15.2 Å². The predicted molar refractivity (Wildman–Crippen MR) is 140 cm³/mol. The van der Waals surface area contributed by atoms with Crippen molar-refractivity contribution in [3.63, 3.8) is 0 Å². The Bertz CT molecular complexity index is 1480. The van der Waals surface area contributed by atoms with Gasteiger partial charge in [-0.05, 0) is 67.4 Å². The molecule has 2 heterocycles. The van der Waals surface area contributed by atoms with E-state index >= 15 is 0 Å². The first-order chi connectivity index (χ1) is 17.3.